The smallest absolute Gasteiger partial charge is 0.404 e. The zero-order chi connectivity index (χ0) is 13.5. The third-order valence-electron chi connectivity index (χ3n) is 3.82. The van der Waals surface area contributed by atoms with Crippen molar-refractivity contribution in [3.8, 4) is 5.75 Å². The fraction of sp³-hybridized carbons (Fsp3) is 0.429. The van der Waals surface area contributed by atoms with Crippen LogP contribution in [0.4, 0.5) is 18.9 Å². The summed E-state index contributed by atoms with van der Waals surface area (Å²) in [6.07, 6.45) is 1.73. The first-order chi connectivity index (χ1) is 9.03. The first-order valence-electron chi connectivity index (χ1n) is 6.31. The van der Waals surface area contributed by atoms with Gasteiger partial charge < -0.3 is 10.1 Å². The minimum Gasteiger partial charge on any atom is -0.404 e. The third-order valence-corrected chi connectivity index (χ3v) is 3.82. The van der Waals surface area contributed by atoms with Gasteiger partial charge >= 0.3 is 6.36 Å². The standard InChI is InChI=1S/C14H14F3NO/c15-14(16,17)19-13-7-2-1-6-11(13)18-12-8-9-4-3-5-10(9)12/h1-3,5-7,9-10,12,18H,4,8H2. The second-order valence-electron chi connectivity index (χ2n) is 5.03. The van der Waals surface area contributed by atoms with E-state index in [1.807, 2.05) is 0 Å². The van der Waals surface area contributed by atoms with Gasteiger partial charge in [-0.2, -0.15) is 0 Å². The summed E-state index contributed by atoms with van der Waals surface area (Å²) in [5, 5.41) is 3.16. The molecule has 0 saturated heterocycles. The van der Waals surface area contributed by atoms with E-state index in [4.69, 9.17) is 0 Å². The molecule has 5 heteroatoms. The fourth-order valence-electron chi connectivity index (χ4n) is 2.88. The van der Waals surface area contributed by atoms with Gasteiger partial charge in [0.25, 0.3) is 0 Å². The number of allylic oxidation sites excluding steroid dienone is 1. The van der Waals surface area contributed by atoms with Crippen molar-refractivity contribution in [1.29, 1.82) is 0 Å². The Hall–Kier alpha value is -1.65. The van der Waals surface area contributed by atoms with E-state index in [0.29, 0.717) is 17.5 Å². The maximum absolute atomic E-state index is 12.3. The molecule has 1 fully saturated rings. The summed E-state index contributed by atoms with van der Waals surface area (Å²) in [4.78, 5) is 0. The number of rotatable bonds is 3. The molecule has 0 aliphatic heterocycles. The maximum Gasteiger partial charge on any atom is 0.573 e. The Morgan fingerprint density at radius 3 is 2.74 bits per heavy atom. The molecule has 0 aromatic heterocycles. The van der Waals surface area contributed by atoms with E-state index < -0.39 is 6.36 Å². The maximum atomic E-state index is 12.3. The van der Waals surface area contributed by atoms with Gasteiger partial charge in [0.05, 0.1) is 5.69 Å². The summed E-state index contributed by atoms with van der Waals surface area (Å²) >= 11 is 0. The van der Waals surface area contributed by atoms with Crippen molar-refractivity contribution in [2.24, 2.45) is 11.8 Å². The van der Waals surface area contributed by atoms with Gasteiger partial charge in [-0.3, -0.25) is 0 Å². The van der Waals surface area contributed by atoms with Gasteiger partial charge in [-0.05, 0) is 30.9 Å². The highest BCUT2D eigenvalue weighted by Crippen LogP contribution is 2.45. The summed E-state index contributed by atoms with van der Waals surface area (Å²) in [6.45, 7) is 0. The van der Waals surface area contributed by atoms with Gasteiger partial charge in [-0.15, -0.1) is 13.2 Å². The molecule has 102 valence electrons. The van der Waals surface area contributed by atoms with Crippen LogP contribution in [0.25, 0.3) is 0 Å². The lowest BCUT2D eigenvalue weighted by molar-refractivity contribution is -0.274. The molecule has 3 unspecified atom stereocenters. The molecule has 2 nitrogen and oxygen atoms in total. The van der Waals surface area contributed by atoms with Crippen molar-refractivity contribution < 1.29 is 17.9 Å². The van der Waals surface area contributed by atoms with Crippen LogP contribution in [0.2, 0.25) is 0 Å². The predicted molar refractivity (Wildman–Crippen MR) is 65.9 cm³/mol. The van der Waals surface area contributed by atoms with E-state index in [-0.39, 0.29) is 11.8 Å². The monoisotopic (exact) mass is 269 g/mol. The number of nitrogens with one attached hydrogen (secondary N) is 1. The van der Waals surface area contributed by atoms with E-state index in [0.717, 1.165) is 12.8 Å². The number of fused-ring (bicyclic) bond motifs is 1. The Labute approximate surface area is 109 Å². The van der Waals surface area contributed by atoms with Crippen LogP contribution < -0.4 is 10.1 Å². The molecule has 1 aromatic rings. The van der Waals surface area contributed by atoms with Gasteiger partial charge in [-0.25, -0.2) is 0 Å². The molecule has 0 spiro atoms. The van der Waals surface area contributed by atoms with Gasteiger partial charge in [-0.1, -0.05) is 24.3 Å². The van der Waals surface area contributed by atoms with Crippen molar-refractivity contribution in [2.45, 2.75) is 25.2 Å². The molecule has 1 N–H and O–H groups in total. The van der Waals surface area contributed by atoms with E-state index in [1.54, 1.807) is 12.1 Å². The van der Waals surface area contributed by atoms with Crippen molar-refractivity contribution in [3.05, 3.63) is 36.4 Å². The molecule has 1 aromatic carbocycles. The van der Waals surface area contributed by atoms with Crippen molar-refractivity contribution >= 4 is 5.69 Å². The van der Waals surface area contributed by atoms with Crippen LogP contribution in [0, 0.1) is 11.8 Å². The molecule has 2 aliphatic carbocycles. The minimum absolute atomic E-state index is 0.166. The zero-order valence-electron chi connectivity index (χ0n) is 10.2. The number of alkyl halides is 3. The Balaban J connectivity index is 1.72. The zero-order valence-corrected chi connectivity index (χ0v) is 10.2. The molecule has 3 rings (SSSR count). The lowest BCUT2D eigenvalue weighted by Crippen LogP contribution is -2.43. The normalized spacial score (nSPS) is 28.7. The molecule has 1 saturated carbocycles. The predicted octanol–water partition coefficient (Wildman–Crippen LogP) is 3.96. The van der Waals surface area contributed by atoms with E-state index in [9.17, 15) is 13.2 Å². The van der Waals surface area contributed by atoms with Crippen LogP contribution in [0.3, 0.4) is 0 Å². The average molecular weight is 269 g/mol. The van der Waals surface area contributed by atoms with Crippen LogP contribution in [0.15, 0.2) is 36.4 Å². The second kappa shape index (κ2) is 4.47. The molecule has 2 aliphatic rings. The number of anilines is 1. The SMILES string of the molecule is FC(F)(F)Oc1ccccc1NC1CC2CC=CC21. The number of hydrogen-bond acceptors (Lipinski definition) is 2. The molecular weight excluding hydrogens is 255 g/mol. The van der Waals surface area contributed by atoms with E-state index in [2.05, 4.69) is 22.2 Å². The van der Waals surface area contributed by atoms with Crippen LogP contribution in [0.5, 0.6) is 5.75 Å². The van der Waals surface area contributed by atoms with Crippen LogP contribution in [-0.2, 0) is 0 Å². The summed E-state index contributed by atoms with van der Waals surface area (Å²) in [7, 11) is 0. The van der Waals surface area contributed by atoms with Crippen LogP contribution >= 0.6 is 0 Å². The molecule has 0 bridgehead atoms. The Morgan fingerprint density at radius 2 is 2.00 bits per heavy atom. The molecule has 0 heterocycles. The highest BCUT2D eigenvalue weighted by atomic mass is 19.4. The van der Waals surface area contributed by atoms with E-state index in [1.165, 1.54) is 12.1 Å². The quantitative estimate of drug-likeness (QED) is 0.838. The summed E-state index contributed by atoms with van der Waals surface area (Å²) in [5.74, 6) is 0.938. The fourth-order valence-corrected chi connectivity index (χ4v) is 2.88. The highest BCUT2D eigenvalue weighted by molar-refractivity contribution is 5.57. The van der Waals surface area contributed by atoms with Gasteiger partial charge in [0.1, 0.15) is 0 Å². The second-order valence-corrected chi connectivity index (χ2v) is 5.03. The van der Waals surface area contributed by atoms with Crippen molar-refractivity contribution in [3.63, 3.8) is 0 Å². The number of benzene rings is 1. The minimum atomic E-state index is -4.66. The first kappa shape index (κ1) is 12.4. The summed E-state index contributed by atoms with van der Waals surface area (Å²) in [6, 6.07) is 6.39. The average Bonchev–Trinajstić information content (AvgIpc) is 2.67. The summed E-state index contributed by atoms with van der Waals surface area (Å²) < 4.78 is 41.0. The lowest BCUT2D eigenvalue weighted by atomic mass is 9.71. The topological polar surface area (TPSA) is 21.3 Å². The van der Waals surface area contributed by atoms with Gasteiger partial charge in [0.15, 0.2) is 5.75 Å². The van der Waals surface area contributed by atoms with E-state index >= 15 is 0 Å². The Bertz CT molecular complexity index is 498. The van der Waals surface area contributed by atoms with Crippen LogP contribution in [0.1, 0.15) is 12.8 Å². The van der Waals surface area contributed by atoms with Crippen molar-refractivity contribution in [2.75, 3.05) is 5.32 Å². The molecule has 19 heavy (non-hydrogen) atoms. The molecule has 0 amide bonds. The lowest BCUT2D eigenvalue weighted by Gasteiger charge is -2.41. The van der Waals surface area contributed by atoms with Crippen LogP contribution in [-0.4, -0.2) is 12.4 Å². The number of halogens is 3. The molecule has 0 radical (unpaired) electrons. The number of ether oxygens (including phenoxy) is 1. The third kappa shape index (κ3) is 2.55. The highest BCUT2D eigenvalue weighted by Gasteiger charge is 2.41. The number of para-hydroxylation sites is 2. The Kier molecular flexibility index (Phi) is 2.92. The van der Waals surface area contributed by atoms with Gasteiger partial charge in [0.2, 0.25) is 0 Å². The Morgan fingerprint density at radius 1 is 1.21 bits per heavy atom. The first-order valence-corrected chi connectivity index (χ1v) is 6.31. The number of hydrogen-bond donors (Lipinski definition) is 1. The summed E-state index contributed by atoms with van der Waals surface area (Å²) in [5.41, 5.74) is 0.406. The van der Waals surface area contributed by atoms with Gasteiger partial charge in [0, 0.05) is 12.0 Å². The molecular formula is C14H14F3NO. The molecule has 3 atom stereocenters. The largest absolute Gasteiger partial charge is 0.573 e. The van der Waals surface area contributed by atoms with Crippen molar-refractivity contribution in [1.82, 2.24) is 0 Å².